The van der Waals surface area contributed by atoms with Crippen LogP contribution >= 0.6 is 0 Å². The predicted molar refractivity (Wildman–Crippen MR) is 83.9 cm³/mol. The Morgan fingerprint density at radius 2 is 2.10 bits per heavy atom. The number of benzene rings is 1. The van der Waals surface area contributed by atoms with Crippen LogP contribution in [-0.4, -0.2) is 29.1 Å². The van der Waals surface area contributed by atoms with Crippen LogP contribution in [0.4, 0.5) is 5.69 Å². The van der Waals surface area contributed by atoms with E-state index in [0.717, 1.165) is 42.5 Å². The zero-order valence-electron chi connectivity index (χ0n) is 12.2. The van der Waals surface area contributed by atoms with Gasteiger partial charge in [0, 0.05) is 24.7 Å². The van der Waals surface area contributed by atoms with Crippen molar-refractivity contribution in [1.82, 2.24) is 4.98 Å². The number of aromatic nitrogens is 1. The Morgan fingerprint density at radius 3 is 2.90 bits per heavy atom. The van der Waals surface area contributed by atoms with Crippen molar-refractivity contribution in [3.8, 4) is 0 Å². The van der Waals surface area contributed by atoms with Crippen molar-refractivity contribution in [2.45, 2.75) is 26.2 Å². The molecule has 2 aromatic rings. The topological polar surface area (TPSA) is 53.4 Å². The molecule has 0 amide bonds. The molecule has 0 bridgehead atoms. The number of pyridine rings is 1. The maximum atomic E-state index is 11.6. The Labute approximate surface area is 124 Å². The van der Waals surface area contributed by atoms with Crippen LogP contribution < -0.4 is 4.90 Å². The molecule has 1 unspecified atom stereocenters. The van der Waals surface area contributed by atoms with Gasteiger partial charge in [0.05, 0.1) is 11.2 Å². The lowest BCUT2D eigenvalue weighted by Crippen LogP contribution is -2.26. The lowest BCUT2D eigenvalue weighted by atomic mass is 10.0. The SMILES string of the molecule is CC1CCCN(c2c(C(=O)O)cnc3ccccc23)CC1. The highest BCUT2D eigenvalue weighted by molar-refractivity contribution is 6.04. The first-order chi connectivity index (χ1) is 10.2. The molecule has 1 atom stereocenters. The second-order valence-corrected chi connectivity index (χ2v) is 5.87. The number of carbonyl (C=O) groups is 1. The molecule has 1 saturated heterocycles. The molecule has 1 aromatic carbocycles. The number of aromatic carboxylic acids is 1. The van der Waals surface area contributed by atoms with E-state index in [1.165, 1.54) is 12.6 Å². The third-order valence-corrected chi connectivity index (χ3v) is 4.31. The number of anilines is 1. The summed E-state index contributed by atoms with van der Waals surface area (Å²) in [6.07, 6.45) is 4.92. The van der Waals surface area contributed by atoms with Crippen molar-refractivity contribution < 1.29 is 9.90 Å². The van der Waals surface area contributed by atoms with Crippen molar-refractivity contribution in [3.05, 3.63) is 36.0 Å². The molecule has 0 saturated carbocycles. The van der Waals surface area contributed by atoms with Gasteiger partial charge in [0.1, 0.15) is 5.56 Å². The van der Waals surface area contributed by atoms with E-state index in [-0.39, 0.29) is 0 Å². The molecule has 1 aromatic heterocycles. The van der Waals surface area contributed by atoms with E-state index >= 15 is 0 Å². The Hall–Kier alpha value is -2.10. The van der Waals surface area contributed by atoms with E-state index < -0.39 is 5.97 Å². The summed E-state index contributed by atoms with van der Waals surface area (Å²) >= 11 is 0. The highest BCUT2D eigenvalue weighted by atomic mass is 16.4. The van der Waals surface area contributed by atoms with Gasteiger partial charge in [-0.3, -0.25) is 4.98 Å². The number of hydrogen-bond donors (Lipinski definition) is 1. The predicted octanol–water partition coefficient (Wildman–Crippen LogP) is 3.56. The van der Waals surface area contributed by atoms with E-state index in [1.807, 2.05) is 24.3 Å². The van der Waals surface area contributed by atoms with Crippen LogP contribution in [0.5, 0.6) is 0 Å². The van der Waals surface area contributed by atoms with E-state index in [1.54, 1.807) is 0 Å². The summed E-state index contributed by atoms with van der Waals surface area (Å²) in [6.45, 7) is 4.10. The lowest BCUT2D eigenvalue weighted by Gasteiger charge is -2.26. The minimum absolute atomic E-state index is 0.309. The number of rotatable bonds is 2. The van der Waals surface area contributed by atoms with Crippen LogP contribution in [0.25, 0.3) is 10.9 Å². The number of fused-ring (bicyclic) bond motifs is 1. The molecular formula is C17H20N2O2. The largest absolute Gasteiger partial charge is 0.478 e. The normalized spacial score (nSPS) is 19.5. The van der Waals surface area contributed by atoms with Gasteiger partial charge in [0.15, 0.2) is 0 Å². The van der Waals surface area contributed by atoms with E-state index in [2.05, 4.69) is 16.8 Å². The Bertz CT molecular complexity index is 669. The van der Waals surface area contributed by atoms with Gasteiger partial charge < -0.3 is 10.0 Å². The maximum absolute atomic E-state index is 11.6. The summed E-state index contributed by atoms with van der Waals surface area (Å²) in [6, 6.07) is 7.78. The quantitative estimate of drug-likeness (QED) is 0.916. The van der Waals surface area contributed by atoms with Gasteiger partial charge in [0.2, 0.25) is 0 Å². The molecule has 1 aliphatic rings. The van der Waals surface area contributed by atoms with Crippen molar-refractivity contribution >= 4 is 22.6 Å². The highest BCUT2D eigenvalue weighted by Gasteiger charge is 2.22. The Balaban J connectivity index is 2.13. The molecule has 21 heavy (non-hydrogen) atoms. The van der Waals surface area contributed by atoms with Gasteiger partial charge in [0.25, 0.3) is 0 Å². The second kappa shape index (κ2) is 5.72. The molecule has 4 nitrogen and oxygen atoms in total. The second-order valence-electron chi connectivity index (χ2n) is 5.87. The number of carboxylic acid groups (broad SMARTS) is 1. The fourth-order valence-electron chi connectivity index (χ4n) is 3.11. The molecule has 1 N–H and O–H groups in total. The van der Waals surface area contributed by atoms with Crippen LogP contribution in [0.3, 0.4) is 0 Å². The first-order valence-electron chi connectivity index (χ1n) is 7.53. The summed E-state index contributed by atoms with van der Waals surface area (Å²) in [4.78, 5) is 18.1. The zero-order valence-corrected chi connectivity index (χ0v) is 12.2. The summed E-state index contributed by atoms with van der Waals surface area (Å²) in [5, 5.41) is 10.4. The molecule has 2 heterocycles. The average molecular weight is 284 g/mol. The summed E-state index contributed by atoms with van der Waals surface area (Å²) in [5.41, 5.74) is 2.00. The van der Waals surface area contributed by atoms with Crippen molar-refractivity contribution in [3.63, 3.8) is 0 Å². The molecule has 110 valence electrons. The highest BCUT2D eigenvalue weighted by Crippen LogP contribution is 2.32. The molecule has 1 aliphatic heterocycles. The molecule has 0 aliphatic carbocycles. The van der Waals surface area contributed by atoms with Crippen LogP contribution in [-0.2, 0) is 0 Å². The van der Waals surface area contributed by atoms with Crippen molar-refractivity contribution in [2.24, 2.45) is 5.92 Å². The third kappa shape index (κ3) is 2.71. The maximum Gasteiger partial charge on any atom is 0.339 e. The zero-order chi connectivity index (χ0) is 14.8. The van der Waals surface area contributed by atoms with E-state index in [0.29, 0.717) is 11.5 Å². The molecule has 1 fully saturated rings. The van der Waals surface area contributed by atoms with Gasteiger partial charge in [-0.25, -0.2) is 4.79 Å². The Kier molecular flexibility index (Phi) is 3.78. The monoisotopic (exact) mass is 284 g/mol. The molecule has 3 rings (SSSR count). The smallest absolute Gasteiger partial charge is 0.339 e. The van der Waals surface area contributed by atoms with Gasteiger partial charge in [-0.2, -0.15) is 0 Å². The van der Waals surface area contributed by atoms with Crippen molar-refractivity contribution in [2.75, 3.05) is 18.0 Å². The van der Waals surface area contributed by atoms with Crippen LogP contribution in [0, 0.1) is 5.92 Å². The number of carboxylic acids is 1. The molecular weight excluding hydrogens is 264 g/mol. The molecule has 0 radical (unpaired) electrons. The summed E-state index contributed by atoms with van der Waals surface area (Å²) in [5.74, 6) is -0.197. The molecule has 0 spiro atoms. The van der Waals surface area contributed by atoms with Gasteiger partial charge in [-0.05, 0) is 31.2 Å². The first kappa shape index (κ1) is 13.9. The van der Waals surface area contributed by atoms with Gasteiger partial charge >= 0.3 is 5.97 Å². The van der Waals surface area contributed by atoms with Crippen LogP contribution in [0.15, 0.2) is 30.5 Å². The fraction of sp³-hybridized carbons (Fsp3) is 0.412. The van der Waals surface area contributed by atoms with E-state index in [9.17, 15) is 9.90 Å². The minimum Gasteiger partial charge on any atom is -0.478 e. The van der Waals surface area contributed by atoms with Crippen LogP contribution in [0.2, 0.25) is 0 Å². The number of hydrogen-bond acceptors (Lipinski definition) is 3. The van der Waals surface area contributed by atoms with Crippen LogP contribution in [0.1, 0.15) is 36.5 Å². The van der Waals surface area contributed by atoms with Gasteiger partial charge in [-0.1, -0.05) is 25.1 Å². The van der Waals surface area contributed by atoms with Gasteiger partial charge in [-0.15, -0.1) is 0 Å². The number of para-hydroxylation sites is 1. The lowest BCUT2D eigenvalue weighted by molar-refractivity contribution is 0.0697. The fourth-order valence-corrected chi connectivity index (χ4v) is 3.11. The standard InChI is InChI=1S/C17H20N2O2/c1-12-5-4-9-19(10-8-12)16-13-6-2-3-7-15(13)18-11-14(16)17(20)21/h2-3,6-7,11-12H,4-5,8-10H2,1H3,(H,20,21). The summed E-state index contributed by atoms with van der Waals surface area (Å²) in [7, 11) is 0. The van der Waals surface area contributed by atoms with E-state index in [4.69, 9.17) is 0 Å². The Morgan fingerprint density at radius 1 is 1.29 bits per heavy atom. The number of nitrogens with zero attached hydrogens (tertiary/aromatic N) is 2. The summed E-state index contributed by atoms with van der Waals surface area (Å²) < 4.78 is 0. The molecule has 4 heteroatoms. The average Bonchev–Trinajstić information content (AvgIpc) is 2.70. The van der Waals surface area contributed by atoms with Crippen molar-refractivity contribution in [1.29, 1.82) is 0 Å². The first-order valence-corrected chi connectivity index (χ1v) is 7.53. The third-order valence-electron chi connectivity index (χ3n) is 4.31. The minimum atomic E-state index is -0.902.